The Morgan fingerprint density at radius 1 is 1.17 bits per heavy atom. The van der Waals surface area contributed by atoms with E-state index >= 15 is 0 Å². The van der Waals surface area contributed by atoms with Gasteiger partial charge < -0.3 is 9.26 Å². The Morgan fingerprint density at radius 2 is 2.04 bits per heavy atom. The fourth-order valence-electron chi connectivity index (χ4n) is 3.17. The molecule has 0 bridgehead atoms. The van der Waals surface area contributed by atoms with Crippen LogP contribution in [0.25, 0.3) is 10.6 Å². The van der Waals surface area contributed by atoms with E-state index in [2.05, 4.69) is 47.3 Å². The van der Waals surface area contributed by atoms with Crippen LogP contribution in [0.15, 0.2) is 58.4 Å². The van der Waals surface area contributed by atoms with Gasteiger partial charge in [0.15, 0.2) is 5.76 Å². The Hall–Kier alpha value is -1.95. The lowest BCUT2D eigenvalue weighted by Crippen LogP contribution is -2.42. The van der Waals surface area contributed by atoms with Gasteiger partial charge in [-0.3, -0.25) is 4.90 Å². The largest absolute Gasteiger partial charge is 0.368 e. The average molecular weight is 340 g/mol. The van der Waals surface area contributed by atoms with Crippen molar-refractivity contribution in [1.29, 1.82) is 0 Å². The van der Waals surface area contributed by atoms with Crippen LogP contribution in [0, 0.1) is 0 Å². The van der Waals surface area contributed by atoms with Gasteiger partial charge in [0.25, 0.3) is 0 Å². The van der Waals surface area contributed by atoms with Crippen LogP contribution in [0.4, 0.5) is 0 Å². The van der Waals surface area contributed by atoms with Crippen molar-refractivity contribution in [1.82, 2.24) is 10.1 Å². The lowest BCUT2D eigenvalue weighted by Gasteiger charge is -2.36. The molecule has 2 aromatic heterocycles. The van der Waals surface area contributed by atoms with Crippen LogP contribution >= 0.6 is 11.3 Å². The predicted molar refractivity (Wildman–Crippen MR) is 94.8 cm³/mol. The van der Waals surface area contributed by atoms with Crippen molar-refractivity contribution in [3.05, 3.63) is 65.2 Å². The van der Waals surface area contributed by atoms with Crippen LogP contribution in [-0.2, 0) is 11.3 Å². The first kappa shape index (κ1) is 15.6. The lowest BCUT2D eigenvalue weighted by molar-refractivity contribution is -0.0818. The molecule has 4 nitrogen and oxygen atoms in total. The van der Waals surface area contributed by atoms with Crippen LogP contribution in [0.3, 0.4) is 0 Å². The summed E-state index contributed by atoms with van der Waals surface area (Å²) >= 11 is 1.67. The number of thiophene rings is 1. The highest BCUT2D eigenvalue weighted by Gasteiger charge is 2.27. The minimum atomic E-state index is 0.110. The first-order valence-corrected chi connectivity index (χ1v) is 9.08. The standard InChI is InChI=1S/C19H20N2O2S/c1-14-11-21(13-18(22-14)15-6-3-2-4-7-15)12-16-10-17(23-20-16)19-8-5-9-24-19/h2-10,14,18H,11-13H2,1H3/t14-,18-/m0/s1. The molecule has 0 N–H and O–H groups in total. The second kappa shape index (κ2) is 6.89. The molecule has 3 aromatic rings. The molecule has 0 unspecified atom stereocenters. The van der Waals surface area contributed by atoms with E-state index in [1.165, 1.54) is 5.56 Å². The molecule has 0 radical (unpaired) electrons. The maximum absolute atomic E-state index is 6.12. The number of aromatic nitrogens is 1. The van der Waals surface area contributed by atoms with E-state index in [4.69, 9.17) is 9.26 Å². The highest BCUT2D eigenvalue weighted by atomic mass is 32.1. The minimum Gasteiger partial charge on any atom is -0.368 e. The smallest absolute Gasteiger partial charge is 0.177 e. The number of rotatable bonds is 4. The summed E-state index contributed by atoms with van der Waals surface area (Å²) in [4.78, 5) is 3.51. The van der Waals surface area contributed by atoms with Gasteiger partial charge in [0.05, 0.1) is 22.8 Å². The van der Waals surface area contributed by atoms with E-state index < -0.39 is 0 Å². The van der Waals surface area contributed by atoms with Gasteiger partial charge in [-0.25, -0.2) is 0 Å². The molecule has 0 spiro atoms. The van der Waals surface area contributed by atoms with Crippen LogP contribution in [0.5, 0.6) is 0 Å². The fourth-order valence-corrected chi connectivity index (χ4v) is 3.84. The first-order chi connectivity index (χ1) is 11.8. The van der Waals surface area contributed by atoms with E-state index in [0.717, 1.165) is 36.0 Å². The summed E-state index contributed by atoms with van der Waals surface area (Å²) < 4.78 is 11.6. The molecule has 1 aliphatic heterocycles. The van der Waals surface area contributed by atoms with Crippen LogP contribution in [0.1, 0.15) is 24.3 Å². The van der Waals surface area contributed by atoms with Crippen molar-refractivity contribution < 1.29 is 9.26 Å². The number of ether oxygens (including phenoxy) is 1. The van der Waals surface area contributed by atoms with E-state index in [1.807, 2.05) is 23.6 Å². The Labute approximate surface area is 145 Å². The molecule has 0 amide bonds. The third-order valence-corrected chi connectivity index (χ3v) is 5.10. The van der Waals surface area contributed by atoms with Gasteiger partial charge in [0.2, 0.25) is 0 Å². The third-order valence-electron chi connectivity index (χ3n) is 4.22. The number of nitrogens with zero attached hydrogens (tertiary/aromatic N) is 2. The van der Waals surface area contributed by atoms with Gasteiger partial charge in [-0.15, -0.1) is 11.3 Å². The predicted octanol–water partition coefficient (Wildman–Crippen LogP) is 4.37. The topological polar surface area (TPSA) is 38.5 Å². The van der Waals surface area contributed by atoms with Gasteiger partial charge in [-0.2, -0.15) is 0 Å². The monoisotopic (exact) mass is 340 g/mol. The summed E-state index contributed by atoms with van der Waals surface area (Å²) in [5, 5.41) is 6.29. The molecule has 4 rings (SSSR count). The Kier molecular flexibility index (Phi) is 4.47. The van der Waals surface area contributed by atoms with Gasteiger partial charge in [-0.1, -0.05) is 41.6 Å². The van der Waals surface area contributed by atoms with E-state index in [0.29, 0.717) is 0 Å². The van der Waals surface area contributed by atoms with Crippen molar-refractivity contribution in [3.8, 4) is 10.6 Å². The molecule has 1 saturated heterocycles. The molecule has 1 aromatic carbocycles. The summed E-state index contributed by atoms with van der Waals surface area (Å²) in [6, 6.07) is 16.5. The summed E-state index contributed by atoms with van der Waals surface area (Å²) in [6.07, 6.45) is 0.311. The quantitative estimate of drug-likeness (QED) is 0.707. The molecule has 24 heavy (non-hydrogen) atoms. The first-order valence-electron chi connectivity index (χ1n) is 8.20. The van der Waals surface area contributed by atoms with Crippen LogP contribution in [-0.4, -0.2) is 29.3 Å². The number of benzene rings is 1. The van der Waals surface area contributed by atoms with Crippen molar-refractivity contribution in [2.45, 2.75) is 25.7 Å². The SMILES string of the molecule is C[C@H]1CN(Cc2cc(-c3cccs3)on2)C[C@@H](c2ccccc2)O1. The molecule has 2 atom stereocenters. The summed E-state index contributed by atoms with van der Waals surface area (Å²) in [5.74, 6) is 0.848. The zero-order valence-corrected chi connectivity index (χ0v) is 14.4. The minimum absolute atomic E-state index is 0.110. The van der Waals surface area contributed by atoms with E-state index in [9.17, 15) is 0 Å². The van der Waals surface area contributed by atoms with Crippen molar-refractivity contribution in [2.75, 3.05) is 13.1 Å². The molecular weight excluding hydrogens is 320 g/mol. The molecule has 1 fully saturated rings. The number of hydrogen-bond donors (Lipinski definition) is 0. The second-order valence-corrected chi connectivity index (χ2v) is 7.15. The maximum atomic E-state index is 6.12. The normalized spacial score (nSPS) is 21.9. The summed E-state index contributed by atoms with van der Waals surface area (Å²) in [7, 11) is 0. The molecule has 3 heterocycles. The number of hydrogen-bond acceptors (Lipinski definition) is 5. The maximum Gasteiger partial charge on any atom is 0.177 e. The van der Waals surface area contributed by atoms with Crippen LogP contribution in [0.2, 0.25) is 0 Å². The number of morpholine rings is 1. The molecule has 0 saturated carbocycles. The summed E-state index contributed by atoms with van der Waals surface area (Å²) in [5.41, 5.74) is 2.20. The fraction of sp³-hybridized carbons (Fsp3) is 0.316. The van der Waals surface area contributed by atoms with Crippen molar-refractivity contribution in [3.63, 3.8) is 0 Å². The summed E-state index contributed by atoms with van der Waals surface area (Å²) in [6.45, 7) is 4.69. The van der Waals surface area contributed by atoms with Gasteiger partial charge in [-0.05, 0) is 23.9 Å². The van der Waals surface area contributed by atoms with Crippen molar-refractivity contribution >= 4 is 11.3 Å². The highest BCUT2D eigenvalue weighted by molar-refractivity contribution is 7.13. The van der Waals surface area contributed by atoms with Gasteiger partial charge >= 0.3 is 0 Å². The van der Waals surface area contributed by atoms with E-state index in [-0.39, 0.29) is 12.2 Å². The Balaban J connectivity index is 1.46. The van der Waals surface area contributed by atoms with Crippen molar-refractivity contribution in [2.24, 2.45) is 0 Å². The Bertz CT molecular complexity index is 770. The zero-order valence-electron chi connectivity index (χ0n) is 13.6. The highest BCUT2D eigenvalue weighted by Crippen LogP contribution is 2.28. The molecule has 124 valence electrons. The van der Waals surface area contributed by atoms with Crippen LogP contribution < -0.4 is 0 Å². The van der Waals surface area contributed by atoms with Gasteiger partial charge in [0.1, 0.15) is 0 Å². The Morgan fingerprint density at radius 3 is 2.83 bits per heavy atom. The van der Waals surface area contributed by atoms with E-state index in [1.54, 1.807) is 11.3 Å². The molecule has 0 aliphatic carbocycles. The zero-order chi connectivity index (χ0) is 16.4. The average Bonchev–Trinajstić information content (AvgIpc) is 3.26. The molecule has 1 aliphatic rings. The second-order valence-electron chi connectivity index (χ2n) is 6.20. The van der Waals surface area contributed by atoms with Gasteiger partial charge in [0, 0.05) is 25.7 Å². The lowest BCUT2D eigenvalue weighted by atomic mass is 10.1. The third kappa shape index (κ3) is 3.43. The molecular formula is C19H20N2O2S. The molecule has 5 heteroatoms.